The lowest BCUT2D eigenvalue weighted by molar-refractivity contribution is -0.125. The molecule has 1 saturated heterocycles. The number of benzene rings is 2. The number of anilines is 1. The lowest BCUT2D eigenvalue weighted by atomic mass is 9.73. The van der Waals surface area contributed by atoms with Gasteiger partial charge in [-0.05, 0) is 50.8 Å². The summed E-state index contributed by atoms with van der Waals surface area (Å²) in [6.07, 6.45) is 2.16. The van der Waals surface area contributed by atoms with Crippen LogP contribution in [-0.4, -0.2) is 25.2 Å². The zero-order valence-corrected chi connectivity index (χ0v) is 17.3. The molecule has 2 aromatic carbocycles. The van der Waals surface area contributed by atoms with E-state index in [0.717, 1.165) is 17.5 Å². The van der Waals surface area contributed by atoms with Crippen molar-refractivity contribution < 1.29 is 14.3 Å². The van der Waals surface area contributed by atoms with Crippen LogP contribution in [0.1, 0.15) is 49.8 Å². The number of carbonyl (C=O) groups is 1. The Hall–Kier alpha value is -2.84. The Balaban J connectivity index is 1.88. The van der Waals surface area contributed by atoms with Gasteiger partial charge in [0.05, 0.1) is 22.8 Å². The molecule has 5 nitrogen and oxygen atoms in total. The van der Waals surface area contributed by atoms with E-state index < -0.39 is 5.41 Å². The van der Waals surface area contributed by atoms with E-state index in [2.05, 4.69) is 11.4 Å². The second kappa shape index (κ2) is 9.11. The second-order valence-electron chi connectivity index (χ2n) is 7.67. The normalized spacial score (nSPS) is 16.5. The Kier molecular flexibility index (Phi) is 6.56. The third-order valence-electron chi connectivity index (χ3n) is 5.66. The predicted molar refractivity (Wildman–Crippen MR) is 113 cm³/mol. The summed E-state index contributed by atoms with van der Waals surface area (Å²) >= 11 is 0. The number of hydrogen-bond donors (Lipinski definition) is 1. The number of ether oxygens (including phenoxy) is 2. The Morgan fingerprint density at radius 2 is 1.93 bits per heavy atom. The molecule has 3 rings (SSSR count). The molecule has 0 unspecified atom stereocenters. The summed E-state index contributed by atoms with van der Waals surface area (Å²) in [5.41, 5.74) is 2.38. The molecule has 0 saturated carbocycles. The summed E-state index contributed by atoms with van der Waals surface area (Å²) in [5.74, 6) is 0.532. The van der Waals surface area contributed by atoms with Crippen LogP contribution in [0.25, 0.3) is 0 Å². The number of nitrogens with one attached hydrogen (secondary N) is 1. The first-order chi connectivity index (χ1) is 14.0. The van der Waals surface area contributed by atoms with Gasteiger partial charge in [-0.15, -0.1) is 0 Å². The minimum atomic E-state index is -0.662. The SMILES string of the molecule is CC[C@H](C)Oc1ccc(NC(=O)C2(c3ccc(C)cc3)CCOCC2)c(C#N)c1. The fourth-order valence-electron chi connectivity index (χ4n) is 3.60. The second-order valence-corrected chi connectivity index (χ2v) is 7.67. The summed E-state index contributed by atoms with van der Waals surface area (Å²) in [5, 5.41) is 12.6. The highest BCUT2D eigenvalue weighted by molar-refractivity contribution is 6.00. The van der Waals surface area contributed by atoms with Crippen LogP contribution >= 0.6 is 0 Å². The van der Waals surface area contributed by atoms with Crippen molar-refractivity contribution in [2.45, 2.75) is 51.6 Å². The monoisotopic (exact) mass is 392 g/mol. The first-order valence-corrected chi connectivity index (χ1v) is 10.2. The molecule has 0 aromatic heterocycles. The van der Waals surface area contributed by atoms with Crippen LogP contribution in [0.2, 0.25) is 0 Å². The van der Waals surface area contributed by atoms with Gasteiger partial charge in [-0.2, -0.15) is 5.26 Å². The minimum absolute atomic E-state index is 0.0639. The molecule has 1 N–H and O–H groups in total. The van der Waals surface area contributed by atoms with Gasteiger partial charge in [0, 0.05) is 19.3 Å². The van der Waals surface area contributed by atoms with Crippen LogP contribution in [-0.2, 0) is 14.9 Å². The van der Waals surface area contributed by atoms with Crippen molar-refractivity contribution in [1.82, 2.24) is 0 Å². The van der Waals surface area contributed by atoms with Crippen LogP contribution in [0.4, 0.5) is 5.69 Å². The van der Waals surface area contributed by atoms with Crippen molar-refractivity contribution in [2.24, 2.45) is 0 Å². The highest BCUT2D eigenvalue weighted by atomic mass is 16.5. The average Bonchev–Trinajstić information content (AvgIpc) is 2.75. The van der Waals surface area contributed by atoms with E-state index >= 15 is 0 Å². The van der Waals surface area contributed by atoms with Crippen LogP contribution in [0.5, 0.6) is 5.75 Å². The van der Waals surface area contributed by atoms with Crippen LogP contribution in [0.15, 0.2) is 42.5 Å². The number of nitriles is 1. The third kappa shape index (κ3) is 4.60. The van der Waals surface area contributed by atoms with E-state index in [1.165, 1.54) is 0 Å². The van der Waals surface area contributed by atoms with Gasteiger partial charge in [0.1, 0.15) is 11.8 Å². The summed E-state index contributed by atoms with van der Waals surface area (Å²) in [4.78, 5) is 13.4. The predicted octanol–water partition coefficient (Wildman–Crippen LogP) is 4.73. The molecule has 1 fully saturated rings. The number of amides is 1. The molecule has 1 heterocycles. The molecule has 29 heavy (non-hydrogen) atoms. The van der Waals surface area contributed by atoms with Crippen molar-refractivity contribution in [3.05, 3.63) is 59.2 Å². The molecule has 1 atom stereocenters. The molecule has 0 bridgehead atoms. The van der Waals surface area contributed by atoms with Gasteiger partial charge < -0.3 is 14.8 Å². The van der Waals surface area contributed by atoms with Gasteiger partial charge in [-0.1, -0.05) is 36.8 Å². The molecule has 0 aliphatic carbocycles. The number of nitrogens with zero attached hydrogens (tertiary/aromatic N) is 1. The van der Waals surface area contributed by atoms with Crippen molar-refractivity contribution in [3.8, 4) is 11.8 Å². The minimum Gasteiger partial charge on any atom is -0.491 e. The Bertz CT molecular complexity index is 893. The molecule has 5 heteroatoms. The molecule has 152 valence electrons. The standard InChI is InChI=1S/C24H28N2O3/c1-4-18(3)29-21-9-10-22(19(15-21)16-25)26-23(27)24(11-13-28-14-12-24)20-7-5-17(2)6-8-20/h5-10,15,18H,4,11-14H2,1-3H3,(H,26,27)/t18-/m0/s1. The molecular weight excluding hydrogens is 364 g/mol. The Morgan fingerprint density at radius 3 is 2.55 bits per heavy atom. The molecule has 2 aromatic rings. The van der Waals surface area contributed by atoms with Crippen molar-refractivity contribution in [2.75, 3.05) is 18.5 Å². The summed E-state index contributed by atoms with van der Waals surface area (Å²) in [6.45, 7) is 7.13. The number of aryl methyl sites for hydroxylation is 1. The van der Waals surface area contributed by atoms with Gasteiger partial charge in [-0.3, -0.25) is 4.79 Å². The fraction of sp³-hybridized carbons (Fsp3) is 0.417. The number of rotatable bonds is 6. The lowest BCUT2D eigenvalue weighted by Gasteiger charge is -2.36. The first-order valence-electron chi connectivity index (χ1n) is 10.2. The van der Waals surface area contributed by atoms with Gasteiger partial charge in [-0.25, -0.2) is 0 Å². The summed E-state index contributed by atoms with van der Waals surface area (Å²) in [6, 6.07) is 15.5. The molecule has 1 amide bonds. The van der Waals surface area contributed by atoms with Gasteiger partial charge in [0.2, 0.25) is 5.91 Å². The maximum atomic E-state index is 13.4. The van der Waals surface area contributed by atoms with Crippen molar-refractivity contribution >= 4 is 11.6 Å². The smallest absolute Gasteiger partial charge is 0.235 e. The van der Waals surface area contributed by atoms with Gasteiger partial charge in [0.15, 0.2) is 0 Å². The van der Waals surface area contributed by atoms with Crippen LogP contribution in [0, 0.1) is 18.3 Å². The maximum absolute atomic E-state index is 13.4. The van der Waals surface area contributed by atoms with Gasteiger partial charge >= 0.3 is 0 Å². The largest absolute Gasteiger partial charge is 0.491 e. The maximum Gasteiger partial charge on any atom is 0.235 e. The van der Waals surface area contributed by atoms with E-state index in [1.807, 2.05) is 45.0 Å². The lowest BCUT2D eigenvalue weighted by Crippen LogP contribution is -2.45. The zero-order valence-electron chi connectivity index (χ0n) is 17.3. The number of carbonyl (C=O) groups excluding carboxylic acids is 1. The molecular formula is C24H28N2O3. The molecule has 1 aliphatic heterocycles. The first kappa shape index (κ1) is 20.9. The molecule has 0 radical (unpaired) electrons. The van der Waals surface area contributed by atoms with E-state index in [0.29, 0.717) is 43.1 Å². The zero-order chi connectivity index (χ0) is 20.9. The van der Waals surface area contributed by atoms with E-state index in [1.54, 1.807) is 18.2 Å². The summed E-state index contributed by atoms with van der Waals surface area (Å²) < 4.78 is 11.3. The summed E-state index contributed by atoms with van der Waals surface area (Å²) in [7, 11) is 0. The fourth-order valence-corrected chi connectivity index (χ4v) is 3.60. The van der Waals surface area contributed by atoms with E-state index in [9.17, 15) is 10.1 Å². The van der Waals surface area contributed by atoms with Gasteiger partial charge in [0.25, 0.3) is 0 Å². The highest BCUT2D eigenvalue weighted by Gasteiger charge is 2.41. The van der Waals surface area contributed by atoms with E-state index in [4.69, 9.17) is 9.47 Å². The molecule has 0 spiro atoms. The number of hydrogen-bond acceptors (Lipinski definition) is 4. The molecule has 1 aliphatic rings. The quantitative estimate of drug-likeness (QED) is 0.771. The average molecular weight is 392 g/mol. The third-order valence-corrected chi connectivity index (χ3v) is 5.66. The van der Waals surface area contributed by atoms with Crippen molar-refractivity contribution in [1.29, 1.82) is 5.26 Å². The van der Waals surface area contributed by atoms with Crippen LogP contribution < -0.4 is 10.1 Å². The van der Waals surface area contributed by atoms with Crippen LogP contribution in [0.3, 0.4) is 0 Å². The highest BCUT2D eigenvalue weighted by Crippen LogP contribution is 2.37. The van der Waals surface area contributed by atoms with E-state index in [-0.39, 0.29) is 12.0 Å². The Labute approximate surface area is 172 Å². The van der Waals surface area contributed by atoms with Crippen molar-refractivity contribution in [3.63, 3.8) is 0 Å². The Morgan fingerprint density at radius 1 is 1.24 bits per heavy atom. The topological polar surface area (TPSA) is 71.3 Å².